The van der Waals surface area contributed by atoms with Gasteiger partial charge >= 0.3 is 5.97 Å². The summed E-state index contributed by atoms with van der Waals surface area (Å²) in [6, 6.07) is 6.61. The number of carbonyl (C=O) groups excluding carboxylic acids is 1. The smallest absolute Gasteiger partial charge is 0.303 e. The van der Waals surface area contributed by atoms with Crippen LogP contribution in [0.1, 0.15) is 24.8 Å². The minimum Gasteiger partial charge on any atom is -0.508 e. The number of hydrogen-bond acceptors (Lipinski definition) is 3. The van der Waals surface area contributed by atoms with Gasteiger partial charge in [-0.3, -0.25) is 9.59 Å². The average Bonchev–Trinajstić information content (AvgIpc) is 2.26. The van der Waals surface area contributed by atoms with Gasteiger partial charge in [0.25, 0.3) is 0 Å². The summed E-state index contributed by atoms with van der Waals surface area (Å²) >= 11 is 0. The Bertz CT molecular complexity index is 403. The van der Waals surface area contributed by atoms with Crippen molar-refractivity contribution in [1.29, 1.82) is 0 Å². The number of phenolic OH excluding ortho intramolecular Hbond substituents is 1. The minimum atomic E-state index is -0.897. The molecule has 0 spiro atoms. The molecule has 0 bridgehead atoms. The van der Waals surface area contributed by atoms with Crippen LogP contribution in [0, 0.1) is 0 Å². The second kappa shape index (κ2) is 6.52. The Labute approximate surface area is 99.1 Å². The van der Waals surface area contributed by atoms with Crippen molar-refractivity contribution < 1.29 is 19.8 Å². The third kappa shape index (κ3) is 5.55. The van der Waals surface area contributed by atoms with Gasteiger partial charge in [-0.15, -0.1) is 0 Å². The van der Waals surface area contributed by atoms with Crippen molar-refractivity contribution in [3.8, 4) is 5.75 Å². The molecule has 0 aliphatic heterocycles. The number of carboxylic acids is 1. The first-order chi connectivity index (χ1) is 8.08. The van der Waals surface area contributed by atoms with E-state index >= 15 is 0 Å². The van der Waals surface area contributed by atoms with E-state index in [2.05, 4.69) is 5.32 Å². The van der Waals surface area contributed by atoms with Gasteiger partial charge in [-0.2, -0.15) is 0 Å². The van der Waals surface area contributed by atoms with E-state index in [0.29, 0.717) is 13.0 Å². The fourth-order valence-electron chi connectivity index (χ4n) is 1.36. The zero-order valence-electron chi connectivity index (χ0n) is 9.35. The summed E-state index contributed by atoms with van der Waals surface area (Å²) in [5.41, 5.74) is 0.802. The Kier molecular flexibility index (Phi) is 5.00. The molecule has 0 aromatic heterocycles. The van der Waals surface area contributed by atoms with Crippen molar-refractivity contribution in [2.75, 3.05) is 0 Å². The number of carbonyl (C=O) groups is 2. The summed E-state index contributed by atoms with van der Waals surface area (Å²) in [4.78, 5) is 21.6. The van der Waals surface area contributed by atoms with E-state index in [0.717, 1.165) is 5.56 Å². The van der Waals surface area contributed by atoms with Crippen LogP contribution in [0.5, 0.6) is 5.75 Å². The molecule has 0 aliphatic rings. The van der Waals surface area contributed by atoms with Crippen molar-refractivity contribution >= 4 is 11.9 Å². The molecule has 0 fully saturated rings. The number of nitrogens with one attached hydrogen (secondary N) is 1. The van der Waals surface area contributed by atoms with Gasteiger partial charge in [-0.1, -0.05) is 12.1 Å². The Hall–Kier alpha value is -2.04. The minimum absolute atomic E-state index is 0.000451. The van der Waals surface area contributed by atoms with Gasteiger partial charge in [0.2, 0.25) is 5.91 Å². The van der Waals surface area contributed by atoms with Crippen LogP contribution < -0.4 is 5.32 Å². The van der Waals surface area contributed by atoms with Gasteiger partial charge in [0.05, 0.1) is 0 Å². The molecule has 0 heterocycles. The van der Waals surface area contributed by atoms with E-state index in [-0.39, 0.29) is 24.5 Å². The largest absolute Gasteiger partial charge is 0.508 e. The quantitative estimate of drug-likeness (QED) is 0.695. The molecule has 1 aromatic carbocycles. The van der Waals surface area contributed by atoms with Gasteiger partial charge in [0.1, 0.15) is 5.75 Å². The molecule has 5 heteroatoms. The predicted octanol–water partition coefficient (Wildman–Crippen LogP) is 1.26. The third-order valence-electron chi connectivity index (χ3n) is 2.19. The van der Waals surface area contributed by atoms with E-state index in [1.54, 1.807) is 24.3 Å². The zero-order chi connectivity index (χ0) is 12.7. The molecule has 0 atom stereocenters. The standard InChI is InChI=1S/C12H15NO4/c14-10-4-1-3-9(7-10)8-13-11(15)5-2-6-12(16)17/h1,3-4,7,14H,2,5-6,8H2,(H,13,15)(H,16,17). The van der Waals surface area contributed by atoms with Gasteiger partial charge in [-0.25, -0.2) is 0 Å². The number of aromatic hydroxyl groups is 1. The summed E-state index contributed by atoms with van der Waals surface area (Å²) in [6.07, 6.45) is 0.534. The van der Waals surface area contributed by atoms with Gasteiger partial charge in [0, 0.05) is 19.4 Å². The van der Waals surface area contributed by atoms with E-state index in [9.17, 15) is 14.7 Å². The highest BCUT2D eigenvalue weighted by Gasteiger charge is 2.03. The molecule has 92 valence electrons. The number of benzene rings is 1. The number of carboxylic acid groups (broad SMARTS) is 1. The summed E-state index contributed by atoms with van der Waals surface area (Å²) in [5.74, 6) is -0.928. The Balaban J connectivity index is 2.26. The summed E-state index contributed by atoms with van der Waals surface area (Å²) in [5, 5.41) is 20.3. The Morgan fingerprint density at radius 1 is 1.24 bits per heavy atom. The van der Waals surface area contributed by atoms with Crippen LogP contribution in [0.15, 0.2) is 24.3 Å². The molecule has 0 aliphatic carbocycles. The monoisotopic (exact) mass is 237 g/mol. The van der Waals surface area contributed by atoms with Crippen LogP contribution in [0.2, 0.25) is 0 Å². The van der Waals surface area contributed by atoms with Gasteiger partial charge in [0.15, 0.2) is 0 Å². The van der Waals surface area contributed by atoms with Crippen LogP contribution in [-0.4, -0.2) is 22.1 Å². The summed E-state index contributed by atoms with van der Waals surface area (Å²) in [6.45, 7) is 0.334. The highest BCUT2D eigenvalue weighted by molar-refractivity contribution is 5.76. The van der Waals surface area contributed by atoms with Crippen molar-refractivity contribution in [2.45, 2.75) is 25.8 Å². The van der Waals surface area contributed by atoms with Crippen molar-refractivity contribution in [3.63, 3.8) is 0 Å². The first-order valence-electron chi connectivity index (χ1n) is 5.34. The first-order valence-corrected chi connectivity index (χ1v) is 5.34. The molecule has 1 amide bonds. The highest BCUT2D eigenvalue weighted by Crippen LogP contribution is 2.10. The predicted molar refractivity (Wildman–Crippen MR) is 61.4 cm³/mol. The molecule has 0 unspecified atom stereocenters. The Morgan fingerprint density at radius 2 is 2.00 bits per heavy atom. The number of phenols is 1. The molecule has 1 aromatic rings. The number of rotatable bonds is 6. The second-order valence-corrected chi connectivity index (χ2v) is 3.69. The molecule has 17 heavy (non-hydrogen) atoms. The number of hydrogen-bond donors (Lipinski definition) is 3. The molecule has 5 nitrogen and oxygen atoms in total. The molecule has 0 saturated heterocycles. The molecule has 0 radical (unpaired) electrons. The molecule has 1 rings (SSSR count). The number of amides is 1. The maximum absolute atomic E-state index is 11.3. The van der Waals surface area contributed by atoms with Crippen LogP contribution in [0.4, 0.5) is 0 Å². The van der Waals surface area contributed by atoms with Gasteiger partial charge in [-0.05, 0) is 24.1 Å². The lowest BCUT2D eigenvalue weighted by molar-refractivity contribution is -0.137. The maximum atomic E-state index is 11.3. The number of aliphatic carboxylic acids is 1. The fourth-order valence-corrected chi connectivity index (χ4v) is 1.36. The second-order valence-electron chi connectivity index (χ2n) is 3.69. The maximum Gasteiger partial charge on any atom is 0.303 e. The van der Waals surface area contributed by atoms with E-state index in [1.165, 1.54) is 0 Å². The fraction of sp³-hybridized carbons (Fsp3) is 0.333. The van der Waals surface area contributed by atoms with Crippen molar-refractivity contribution in [3.05, 3.63) is 29.8 Å². The third-order valence-corrected chi connectivity index (χ3v) is 2.19. The van der Waals surface area contributed by atoms with Crippen LogP contribution in [0.25, 0.3) is 0 Å². The lowest BCUT2D eigenvalue weighted by atomic mass is 10.2. The average molecular weight is 237 g/mol. The molecule has 3 N–H and O–H groups in total. The Morgan fingerprint density at radius 3 is 2.65 bits per heavy atom. The lowest BCUT2D eigenvalue weighted by Crippen LogP contribution is -2.22. The van der Waals surface area contributed by atoms with E-state index < -0.39 is 5.97 Å². The summed E-state index contributed by atoms with van der Waals surface area (Å²) in [7, 11) is 0. The topological polar surface area (TPSA) is 86.6 Å². The van der Waals surface area contributed by atoms with E-state index in [4.69, 9.17) is 5.11 Å². The van der Waals surface area contributed by atoms with Gasteiger partial charge < -0.3 is 15.5 Å². The highest BCUT2D eigenvalue weighted by atomic mass is 16.4. The molecule has 0 saturated carbocycles. The lowest BCUT2D eigenvalue weighted by Gasteiger charge is -2.05. The first kappa shape index (κ1) is 13.0. The SMILES string of the molecule is O=C(O)CCCC(=O)NCc1cccc(O)c1. The van der Waals surface area contributed by atoms with E-state index in [1.807, 2.05) is 0 Å². The van der Waals surface area contributed by atoms with Crippen molar-refractivity contribution in [1.82, 2.24) is 5.32 Å². The van der Waals surface area contributed by atoms with Crippen LogP contribution >= 0.6 is 0 Å². The summed E-state index contributed by atoms with van der Waals surface area (Å²) < 4.78 is 0. The molecular formula is C12H15NO4. The van der Waals surface area contributed by atoms with Crippen LogP contribution in [0.3, 0.4) is 0 Å². The zero-order valence-corrected chi connectivity index (χ0v) is 9.35. The van der Waals surface area contributed by atoms with Crippen LogP contribution in [-0.2, 0) is 16.1 Å². The normalized spacial score (nSPS) is 9.88. The van der Waals surface area contributed by atoms with Crippen molar-refractivity contribution in [2.24, 2.45) is 0 Å². The molecular weight excluding hydrogens is 222 g/mol.